The highest BCUT2D eigenvalue weighted by Crippen LogP contribution is 2.49. The zero-order chi connectivity index (χ0) is 39.2. The fourth-order valence-corrected chi connectivity index (χ4v) is 8.53. The van der Waals surface area contributed by atoms with Crippen molar-refractivity contribution < 1.29 is 0 Å². The third-order valence-corrected chi connectivity index (χ3v) is 11.5. The van der Waals surface area contributed by atoms with Gasteiger partial charge in [-0.3, -0.25) is 5.41 Å². The Kier molecular flexibility index (Phi) is 8.61. The van der Waals surface area contributed by atoms with Gasteiger partial charge in [0.05, 0.1) is 22.8 Å². The molecule has 10 rings (SSSR count). The van der Waals surface area contributed by atoms with Gasteiger partial charge in [-0.1, -0.05) is 184 Å². The average Bonchev–Trinajstić information content (AvgIpc) is 3.52. The van der Waals surface area contributed by atoms with Gasteiger partial charge in [0.2, 0.25) is 0 Å². The zero-order valence-electron chi connectivity index (χ0n) is 32.4. The van der Waals surface area contributed by atoms with E-state index in [1.165, 1.54) is 22.3 Å². The van der Waals surface area contributed by atoms with Crippen LogP contribution in [0.1, 0.15) is 52.8 Å². The Morgan fingerprint density at radius 1 is 0.483 bits per heavy atom. The van der Waals surface area contributed by atoms with Gasteiger partial charge in [-0.05, 0) is 63.2 Å². The molecule has 1 aliphatic carbocycles. The Balaban J connectivity index is 1.10. The Morgan fingerprint density at radius 3 is 1.79 bits per heavy atom. The van der Waals surface area contributed by atoms with Crippen molar-refractivity contribution in [2.45, 2.75) is 19.3 Å². The van der Waals surface area contributed by atoms with Crippen LogP contribution in [0.3, 0.4) is 0 Å². The summed E-state index contributed by atoms with van der Waals surface area (Å²) in [7, 11) is 0. The maximum absolute atomic E-state index is 10.00. The second-order valence-electron chi connectivity index (χ2n) is 15.5. The van der Waals surface area contributed by atoms with E-state index in [2.05, 4.69) is 159 Å². The van der Waals surface area contributed by atoms with Crippen LogP contribution < -0.4 is 5.32 Å². The minimum Gasteiger partial charge on any atom is -0.354 e. The maximum atomic E-state index is 10.00. The van der Waals surface area contributed by atoms with E-state index in [0.717, 1.165) is 72.9 Å². The fourth-order valence-electron chi connectivity index (χ4n) is 8.53. The molecule has 0 bridgehead atoms. The van der Waals surface area contributed by atoms with Crippen LogP contribution in [-0.2, 0) is 5.41 Å². The molecule has 2 heterocycles. The van der Waals surface area contributed by atoms with Crippen LogP contribution in [0.4, 0.5) is 0 Å². The van der Waals surface area contributed by atoms with Crippen LogP contribution in [0.25, 0.3) is 68.1 Å². The molecule has 4 nitrogen and oxygen atoms in total. The van der Waals surface area contributed by atoms with Crippen LogP contribution in [0.15, 0.2) is 188 Å². The number of aromatic nitrogens is 2. The van der Waals surface area contributed by atoms with Gasteiger partial charge in [0.25, 0.3) is 0 Å². The first-order chi connectivity index (χ1) is 28.4. The minimum atomic E-state index is -0.134. The van der Waals surface area contributed by atoms with Crippen molar-refractivity contribution in [2.75, 3.05) is 0 Å². The van der Waals surface area contributed by atoms with E-state index in [-0.39, 0.29) is 5.41 Å². The monoisotopic (exact) mass is 744 g/mol. The lowest BCUT2D eigenvalue weighted by Crippen LogP contribution is -2.20. The standard InChI is InChI=1S/C54H40N4/c1-54(2)45-28-15-14-27-43(45)44-30-29-40(32-46(44)54)49-34-48(57-53(58-49)37-21-10-5-11-22-37)39-24-16-25-41(31-39)51(55)50(36-19-8-4-9-20-36)52-42-26-13-12-23-38(42)33-47(56-52)35-17-6-3-7-18-35/h3-34,55-56H,1-2H3/b52-50-,55-51?. The summed E-state index contributed by atoms with van der Waals surface area (Å²) in [6.07, 6.45) is 2.19. The predicted octanol–water partition coefficient (Wildman–Crippen LogP) is 12.8. The summed E-state index contributed by atoms with van der Waals surface area (Å²) in [6, 6.07) is 65.0. The van der Waals surface area contributed by atoms with Crippen molar-refractivity contribution in [1.29, 1.82) is 5.41 Å². The highest BCUT2D eigenvalue weighted by molar-refractivity contribution is 6.36. The molecule has 0 saturated carbocycles. The molecule has 0 unspecified atom stereocenters. The van der Waals surface area contributed by atoms with Gasteiger partial charge in [-0.2, -0.15) is 0 Å². The number of hydrogen-bond acceptors (Lipinski definition) is 4. The van der Waals surface area contributed by atoms with Crippen LogP contribution in [0, 0.1) is 5.41 Å². The minimum absolute atomic E-state index is 0.134. The summed E-state index contributed by atoms with van der Waals surface area (Å²) in [4.78, 5) is 10.4. The van der Waals surface area contributed by atoms with Crippen LogP contribution in [-0.4, -0.2) is 15.7 Å². The lowest BCUT2D eigenvalue weighted by molar-refractivity contribution is 0.660. The second-order valence-corrected chi connectivity index (χ2v) is 15.5. The van der Waals surface area contributed by atoms with E-state index in [9.17, 15) is 5.41 Å². The number of nitrogens with zero attached hydrogens (tertiary/aromatic N) is 2. The average molecular weight is 745 g/mol. The van der Waals surface area contributed by atoms with Gasteiger partial charge < -0.3 is 5.32 Å². The van der Waals surface area contributed by atoms with Gasteiger partial charge >= 0.3 is 0 Å². The summed E-state index contributed by atoms with van der Waals surface area (Å²) < 4.78 is 0. The molecule has 4 heteroatoms. The summed E-state index contributed by atoms with van der Waals surface area (Å²) in [6.45, 7) is 4.61. The first-order valence-electron chi connectivity index (χ1n) is 19.7. The first kappa shape index (κ1) is 35.0. The van der Waals surface area contributed by atoms with Gasteiger partial charge in [0, 0.05) is 44.5 Å². The molecule has 276 valence electrons. The van der Waals surface area contributed by atoms with E-state index in [1.807, 2.05) is 54.6 Å². The van der Waals surface area contributed by atoms with Gasteiger partial charge in [-0.25, -0.2) is 9.97 Å². The van der Waals surface area contributed by atoms with E-state index in [0.29, 0.717) is 11.5 Å². The quantitative estimate of drug-likeness (QED) is 0.160. The predicted molar refractivity (Wildman–Crippen MR) is 240 cm³/mol. The molecule has 0 saturated heterocycles. The van der Waals surface area contributed by atoms with Gasteiger partial charge in [0.1, 0.15) is 0 Å². The van der Waals surface area contributed by atoms with Crippen molar-refractivity contribution in [3.05, 3.63) is 227 Å². The maximum Gasteiger partial charge on any atom is 0.160 e. The third kappa shape index (κ3) is 6.16. The van der Waals surface area contributed by atoms with Crippen LogP contribution >= 0.6 is 0 Å². The molecule has 0 amide bonds. The van der Waals surface area contributed by atoms with Crippen molar-refractivity contribution in [3.8, 4) is 45.0 Å². The lowest BCUT2D eigenvalue weighted by Gasteiger charge is -2.26. The third-order valence-electron chi connectivity index (χ3n) is 11.5. The smallest absolute Gasteiger partial charge is 0.160 e. The molecule has 0 atom stereocenters. The lowest BCUT2D eigenvalue weighted by atomic mass is 9.82. The van der Waals surface area contributed by atoms with Gasteiger partial charge in [0.15, 0.2) is 5.82 Å². The Labute approximate surface area is 339 Å². The Hall–Kier alpha value is -7.43. The number of benzene rings is 7. The van der Waals surface area contributed by atoms with Crippen molar-refractivity contribution in [2.24, 2.45) is 0 Å². The van der Waals surface area contributed by atoms with E-state index < -0.39 is 0 Å². The van der Waals surface area contributed by atoms with E-state index in [1.54, 1.807) is 0 Å². The zero-order valence-corrected chi connectivity index (χ0v) is 32.4. The first-order valence-corrected chi connectivity index (χ1v) is 19.7. The number of hydrogen-bond donors (Lipinski definition) is 2. The molecular formula is C54H40N4. The van der Waals surface area contributed by atoms with Crippen molar-refractivity contribution in [3.63, 3.8) is 0 Å². The molecule has 0 fully saturated rings. The second kappa shape index (κ2) is 14.3. The number of nitrogens with one attached hydrogen (secondary N) is 2. The molecule has 1 aromatic heterocycles. The number of allylic oxidation sites excluding steroid dienone is 1. The highest BCUT2D eigenvalue weighted by atomic mass is 14.9. The Bertz CT molecular complexity index is 2940. The molecule has 8 aromatic rings. The number of rotatable bonds is 7. The summed E-state index contributed by atoms with van der Waals surface area (Å²) in [5.74, 6) is 0.659. The normalized spacial score (nSPS) is 14.3. The largest absolute Gasteiger partial charge is 0.354 e. The summed E-state index contributed by atoms with van der Waals surface area (Å²) >= 11 is 0. The molecule has 1 aliphatic heterocycles. The molecule has 58 heavy (non-hydrogen) atoms. The van der Waals surface area contributed by atoms with Gasteiger partial charge in [-0.15, -0.1) is 0 Å². The highest BCUT2D eigenvalue weighted by Gasteiger charge is 2.35. The Morgan fingerprint density at radius 2 is 1.05 bits per heavy atom. The molecule has 2 aliphatic rings. The van der Waals surface area contributed by atoms with E-state index >= 15 is 0 Å². The molecule has 7 aromatic carbocycles. The SMILES string of the molecule is CC1(C)c2ccccc2-c2ccc(-c3cc(-c4cccc(C(=N)/C(=C5\NC(c6ccccc6)=Cc6ccccc65)c5ccccc5)c4)nc(-c4ccccc4)n3)cc21. The number of fused-ring (bicyclic) bond motifs is 4. The van der Waals surface area contributed by atoms with Crippen LogP contribution in [0.5, 0.6) is 0 Å². The summed E-state index contributed by atoms with van der Waals surface area (Å²) in [5.41, 5.74) is 17.8. The molecule has 0 radical (unpaired) electrons. The van der Waals surface area contributed by atoms with Crippen LogP contribution in [0.2, 0.25) is 0 Å². The van der Waals surface area contributed by atoms with Crippen molar-refractivity contribution >= 4 is 28.8 Å². The summed E-state index contributed by atoms with van der Waals surface area (Å²) in [5, 5.41) is 13.8. The molecule has 0 spiro atoms. The topological polar surface area (TPSA) is 61.7 Å². The fraction of sp³-hybridized carbons (Fsp3) is 0.0556. The molecule has 2 N–H and O–H groups in total. The molecular weight excluding hydrogens is 705 g/mol. The van der Waals surface area contributed by atoms with Crippen molar-refractivity contribution in [1.82, 2.24) is 15.3 Å². The van der Waals surface area contributed by atoms with E-state index in [4.69, 9.17) is 9.97 Å².